The maximum atomic E-state index is 11.4. The van der Waals surface area contributed by atoms with Crippen LogP contribution in [-0.2, 0) is 4.74 Å². The normalized spacial score (nSPS) is 9.40. The lowest BCUT2D eigenvalue weighted by atomic mass is 10.1. The fraction of sp³-hybridized carbons (Fsp3) is 0.200. The number of esters is 1. The fourth-order valence-electron chi connectivity index (χ4n) is 1.10. The van der Waals surface area contributed by atoms with Crippen LogP contribution in [0, 0.1) is 11.3 Å². The highest BCUT2D eigenvalue weighted by Gasteiger charge is 2.16. The number of thiol groups is 1. The molecular weight excluding hydrogens is 214 g/mol. The molecule has 0 saturated heterocycles. The minimum Gasteiger partial charge on any atom is -0.508 e. The molecule has 0 amide bonds. The van der Waals surface area contributed by atoms with Gasteiger partial charge in [-0.15, -0.1) is 12.6 Å². The Kier molecular flexibility index (Phi) is 3.58. The second-order valence-electron chi connectivity index (χ2n) is 2.72. The molecule has 1 aromatic rings. The molecule has 0 fully saturated rings. The van der Waals surface area contributed by atoms with Gasteiger partial charge in [0.1, 0.15) is 11.8 Å². The highest BCUT2D eigenvalue weighted by atomic mass is 32.1. The van der Waals surface area contributed by atoms with Crippen molar-refractivity contribution in [2.75, 3.05) is 6.61 Å². The summed E-state index contributed by atoms with van der Waals surface area (Å²) in [4.78, 5) is 11.7. The summed E-state index contributed by atoms with van der Waals surface area (Å²) in [6.07, 6.45) is 0. The van der Waals surface area contributed by atoms with E-state index in [-0.39, 0.29) is 28.4 Å². The number of nitriles is 1. The largest absolute Gasteiger partial charge is 0.508 e. The fourth-order valence-corrected chi connectivity index (χ4v) is 1.40. The predicted molar refractivity (Wildman–Crippen MR) is 56.0 cm³/mol. The molecule has 0 atom stereocenters. The van der Waals surface area contributed by atoms with Crippen molar-refractivity contribution in [3.8, 4) is 11.8 Å². The quantitative estimate of drug-likeness (QED) is 0.591. The number of ether oxygens (including phenoxy) is 1. The van der Waals surface area contributed by atoms with Crippen molar-refractivity contribution in [1.29, 1.82) is 5.26 Å². The molecule has 78 valence electrons. The number of hydrogen-bond donors (Lipinski definition) is 2. The van der Waals surface area contributed by atoms with E-state index in [1.165, 1.54) is 12.1 Å². The Balaban J connectivity index is 3.28. The van der Waals surface area contributed by atoms with Gasteiger partial charge in [0, 0.05) is 4.90 Å². The Hall–Kier alpha value is -1.67. The third-order valence-corrected chi connectivity index (χ3v) is 2.06. The second kappa shape index (κ2) is 4.71. The van der Waals surface area contributed by atoms with Crippen LogP contribution in [0.25, 0.3) is 0 Å². The number of rotatable bonds is 2. The molecule has 1 rings (SSSR count). The van der Waals surface area contributed by atoms with E-state index < -0.39 is 5.97 Å². The Morgan fingerprint density at radius 2 is 2.33 bits per heavy atom. The van der Waals surface area contributed by atoms with Crippen LogP contribution < -0.4 is 0 Å². The summed E-state index contributed by atoms with van der Waals surface area (Å²) < 4.78 is 4.75. The molecule has 1 aromatic carbocycles. The van der Waals surface area contributed by atoms with Crippen molar-refractivity contribution in [2.24, 2.45) is 0 Å². The molecule has 5 heteroatoms. The first-order valence-electron chi connectivity index (χ1n) is 4.23. The van der Waals surface area contributed by atoms with E-state index in [0.717, 1.165) is 0 Å². The maximum absolute atomic E-state index is 11.4. The smallest absolute Gasteiger partial charge is 0.339 e. The Bertz CT molecular complexity index is 437. The average molecular weight is 223 g/mol. The molecule has 0 saturated carbocycles. The molecule has 0 heterocycles. The van der Waals surface area contributed by atoms with Crippen LogP contribution in [0.15, 0.2) is 17.0 Å². The summed E-state index contributed by atoms with van der Waals surface area (Å²) in [5, 5.41) is 18.1. The SMILES string of the molecule is CCOC(=O)c1cc(O)cc(S)c1C#N. The van der Waals surface area contributed by atoms with Gasteiger partial charge in [0.15, 0.2) is 0 Å². The zero-order valence-corrected chi connectivity index (χ0v) is 8.91. The van der Waals surface area contributed by atoms with E-state index in [1.807, 2.05) is 6.07 Å². The molecule has 15 heavy (non-hydrogen) atoms. The minimum atomic E-state index is -0.639. The lowest BCUT2D eigenvalue weighted by molar-refractivity contribution is 0.0525. The number of carbonyl (C=O) groups excluding carboxylic acids is 1. The Morgan fingerprint density at radius 1 is 1.67 bits per heavy atom. The number of phenolic OH excluding ortho intramolecular Hbond substituents is 1. The molecule has 4 nitrogen and oxygen atoms in total. The van der Waals surface area contributed by atoms with Crippen molar-refractivity contribution < 1.29 is 14.6 Å². The molecule has 1 N–H and O–H groups in total. The van der Waals surface area contributed by atoms with Gasteiger partial charge in [-0.3, -0.25) is 0 Å². The van der Waals surface area contributed by atoms with Crippen LogP contribution >= 0.6 is 12.6 Å². The molecule has 0 aliphatic heterocycles. The number of carbonyl (C=O) groups is 1. The summed E-state index contributed by atoms with van der Waals surface area (Å²) >= 11 is 3.99. The molecular formula is C10H9NO3S. The first kappa shape index (κ1) is 11.4. The second-order valence-corrected chi connectivity index (χ2v) is 3.20. The van der Waals surface area contributed by atoms with E-state index in [4.69, 9.17) is 10.00 Å². The molecule has 0 bridgehead atoms. The van der Waals surface area contributed by atoms with Crippen LogP contribution in [0.2, 0.25) is 0 Å². The van der Waals surface area contributed by atoms with Crippen molar-refractivity contribution in [1.82, 2.24) is 0 Å². The minimum absolute atomic E-state index is 0.0318. The van der Waals surface area contributed by atoms with Gasteiger partial charge in [-0.1, -0.05) is 0 Å². The summed E-state index contributed by atoms with van der Waals surface area (Å²) in [6, 6.07) is 4.33. The highest BCUT2D eigenvalue weighted by Crippen LogP contribution is 2.24. The number of hydrogen-bond acceptors (Lipinski definition) is 5. The zero-order valence-electron chi connectivity index (χ0n) is 8.02. The molecule has 0 aliphatic rings. The lowest BCUT2D eigenvalue weighted by Gasteiger charge is -2.06. The van der Waals surface area contributed by atoms with Gasteiger partial charge in [-0.05, 0) is 19.1 Å². The predicted octanol–water partition coefficient (Wildman–Crippen LogP) is 1.73. The lowest BCUT2D eigenvalue weighted by Crippen LogP contribution is -2.07. The summed E-state index contributed by atoms with van der Waals surface area (Å²) in [6.45, 7) is 1.87. The van der Waals surface area contributed by atoms with Gasteiger partial charge >= 0.3 is 5.97 Å². The van der Waals surface area contributed by atoms with Crippen molar-refractivity contribution in [3.63, 3.8) is 0 Å². The Labute approximate surface area is 92.5 Å². The van der Waals surface area contributed by atoms with Crippen molar-refractivity contribution in [3.05, 3.63) is 23.3 Å². The van der Waals surface area contributed by atoms with E-state index in [9.17, 15) is 9.90 Å². The zero-order chi connectivity index (χ0) is 11.4. The number of phenols is 1. The first-order valence-corrected chi connectivity index (χ1v) is 4.68. The van der Waals surface area contributed by atoms with Crippen LogP contribution in [0.3, 0.4) is 0 Å². The number of benzene rings is 1. The topological polar surface area (TPSA) is 70.3 Å². The standard InChI is InChI=1S/C10H9NO3S/c1-2-14-10(13)7-3-6(12)4-9(15)8(7)5-11/h3-4,12,15H,2H2,1H3. The third kappa shape index (κ3) is 2.42. The van der Waals surface area contributed by atoms with Crippen molar-refractivity contribution in [2.45, 2.75) is 11.8 Å². The first-order chi connectivity index (χ1) is 7.10. The summed E-state index contributed by atoms with van der Waals surface area (Å²) in [7, 11) is 0. The van der Waals surface area contributed by atoms with Crippen LogP contribution in [0.5, 0.6) is 5.75 Å². The molecule has 0 radical (unpaired) electrons. The van der Waals surface area contributed by atoms with Gasteiger partial charge in [0.25, 0.3) is 0 Å². The average Bonchev–Trinajstić information content (AvgIpc) is 2.17. The van der Waals surface area contributed by atoms with Gasteiger partial charge < -0.3 is 9.84 Å². The van der Waals surface area contributed by atoms with E-state index >= 15 is 0 Å². The van der Waals surface area contributed by atoms with Gasteiger partial charge in [0.2, 0.25) is 0 Å². The van der Waals surface area contributed by atoms with Gasteiger partial charge in [-0.2, -0.15) is 5.26 Å². The van der Waals surface area contributed by atoms with Crippen molar-refractivity contribution >= 4 is 18.6 Å². The maximum Gasteiger partial charge on any atom is 0.339 e. The third-order valence-electron chi connectivity index (χ3n) is 1.71. The van der Waals surface area contributed by atoms with E-state index in [1.54, 1.807) is 6.92 Å². The van der Waals surface area contributed by atoms with Crippen LogP contribution in [-0.4, -0.2) is 17.7 Å². The van der Waals surface area contributed by atoms with E-state index in [0.29, 0.717) is 0 Å². The monoisotopic (exact) mass is 223 g/mol. The molecule has 0 aliphatic carbocycles. The number of aromatic hydroxyl groups is 1. The molecule has 0 aromatic heterocycles. The summed E-state index contributed by atoms with van der Waals surface area (Å²) in [5.74, 6) is -0.762. The van der Waals surface area contributed by atoms with Gasteiger partial charge in [0.05, 0.1) is 17.7 Å². The van der Waals surface area contributed by atoms with Crippen LogP contribution in [0.4, 0.5) is 0 Å². The molecule has 0 unspecified atom stereocenters. The Morgan fingerprint density at radius 3 is 2.87 bits per heavy atom. The summed E-state index contributed by atoms with van der Waals surface area (Å²) in [5.41, 5.74) is 0.138. The van der Waals surface area contributed by atoms with Gasteiger partial charge in [-0.25, -0.2) is 4.79 Å². The number of nitrogens with zero attached hydrogens (tertiary/aromatic N) is 1. The van der Waals surface area contributed by atoms with Crippen LogP contribution in [0.1, 0.15) is 22.8 Å². The van der Waals surface area contributed by atoms with E-state index in [2.05, 4.69) is 12.6 Å². The molecule has 0 spiro atoms. The highest BCUT2D eigenvalue weighted by molar-refractivity contribution is 7.80.